The molecule has 0 aliphatic heterocycles. The summed E-state index contributed by atoms with van der Waals surface area (Å²) in [6, 6.07) is 23.3. The predicted octanol–water partition coefficient (Wildman–Crippen LogP) is 5.38. The summed E-state index contributed by atoms with van der Waals surface area (Å²) in [4.78, 5) is 25.8. The number of carbonyl (C=O) groups is 2. The molecule has 154 valence electrons. The highest BCUT2D eigenvalue weighted by Crippen LogP contribution is 2.18. The van der Waals surface area contributed by atoms with Crippen molar-refractivity contribution in [1.29, 1.82) is 0 Å². The minimum atomic E-state index is -0.390. The van der Waals surface area contributed by atoms with Gasteiger partial charge in [0.1, 0.15) is 0 Å². The van der Waals surface area contributed by atoms with Gasteiger partial charge in [0.2, 0.25) is 0 Å². The van der Waals surface area contributed by atoms with Crippen molar-refractivity contribution in [3.8, 4) is 0 Å². The Hall–Kier alpha value is -3.70. The molecule has 0 saturated carbocycles. The average Bonchev–Trinajstić information content (AvgIpc) is 3.22. The van der Waals surface area contributed by atoms with Crippen LogP contribution in [0.15, 0.2) is 85.1 Å². The fraction of sp³-hybridized carbons (Fsp3) is 0.0800. The number of ketones is 1. The van der Waals surface area contributed by atoms with Gasteiger partial charge in [-0.2, -0.15) is 5.10 Å². The zero-order valence-corrected chi connectivity index (χ0v) is 17.6. The second-order valence-electron chi connectivity index (χ2n) is 7.22. The maximum absolute atomic E-state index is 12.9. The van der Waals surface area contributed by atoms with Gasteiger partial charge in [-0.15, -0.1) is 0 Å². The summed E-state index contributed by atoms with van der Waals surface area (Å²) in [5.74, 6) is -0.211. The minimum Gasteiger partial charge on any atom is -0.305 e. The molecule has 1 N–H and O–H groups in total. The molecular weight excluding hydrogens is 410 g/mol. The van der Waals surface area contributed by atoms with Gasteiger partial charge in [0.05, 0.1) is 12.1 Å². The predicted molar refractivity (Wildman–Crippen MR) is 122 cm³/mol. The molecule has 0 radical (unpaired) electrons. The van der Waals surface area contributed by atoms with E-state index in [1.807, 2.05) is 19.1 Å². The zero-order valence-electron chi connectivity index (χ0n) is 16.9. The summed E-state index contributed by atoms with van der Waals surface area (Å²) in [6.45, 7) is 2.64. The number of amides is 1. The topological polar surface area (TPSA) is 64.0 Å². The maximum atomic E-state index is 12.9. The molecule has 4 rings (SSSR count). The molecule has 5 nitrogen and oxygen atoms in total. The van der Waals surface area contributed by atoms with Crippen molar-refractivity contribution in [2.45, 2.75) is 13.5 Å². The number of anilines is 1. The Labute approximate surface area is 185 Å². The van der Waals surface area contributed by atoms with E-state index < -0.39 is 5.91 Å². The lowest BCUT2D eigenvalue weighted by Crippen LogP contribution is -2.17. The van der Waals surface area contributed by atoms with Gasteiger partial charge in [0.15, 0.2) is 11.6 Å². The van der Waals surface area contributed by atoms with Crippen LogP contribution in [0.3, 0.4) is 0 Å². The van der Waals surface area contributed by atoms with E-state index in [-0.39, 0.29) is 11.3 Å². The van der Waals surface area contributed by atoms with Crippen molar-refractivity contribution in [3.63, 3.8) is 0 Å². The lowest BCUT2D eigenvalue weighted by atomic mass is 9.98. The summed E-state index contributed by atoms with van der Waals surface area (Å²) < 4.78 is 1.76. The van der Waals surface area contributed by atoms with E-state index in [0.717, 1.165) is 5.56 Å². The quantitative estimate of drug-likeness (QED) is 0.419. The van der Waals surface area contributed by atoms with Gasteiger partial charge in [-0.1, -0.05) is 59.6 Å². The standard InChI is InChI=1S/C25H20ClN3O2/c1-17-6-8-18(9-7-17)16-29-15-14-23(28-29)27-25(31)22-5-3-2-4-21(22)24(30)19-10-12-20(26)13-11-19/h2-15H,16H2,1H3,(H,27,28,31). The van der Waals surface area contributed by atoms with Crippen molar-refractivity contribution in [2.75, 3.05) is 5.32 Å². The third-order valence-corrected chi connectivity index (χ3v) is 5.12. The average molecular weight is 430 g/mol. The first kappa shape index (κ1) is 20.6. The lowest BCUT2D eigenvalue weighted by Gasteiger charge is -2.09. The van der Waals surface area contributed by atoms with Crippen LogP contribution in [0.1, 0.15) is 37.4 Å². The Kier molecular flexibility index (Phi) is 5.96. The molecule has 0 aliphatic rings. The Bertz CT molecular complexity index is 1230. The van der Waals surface area contributed by atoms with Crippen molar-refractivity contribution in [2.24, 2.45) is 0 Å². The molecule has 31 heavy (non-hydrogen) atoms. The maximum Gasteiger partial charge on any atom is 0.257 e. The number of hydrogen-bond acceptors (Lipinski definition) is 3. The molecule has 0 unspecified atom stereocenters. The fourth-order valence-electron chi connectivity index (χ4n) is 3.22. The Morgan fingerprint density at radius 1 is 0.903 bits per heavy atom. The van der Waals surface area contributed by atoms with Crippen LogP contribution in [0, 0.1) is 6.92 Å². The van der Waals surface area contributed by atoms with Crippen LogP contribution in [-0.2, 0) is 6.54 Å². The number of benzene rings is 3. The summed E-state index contributed by atoms with van der Waals surface area (Å²) in [5.41, 5.74) is 3.39. The highest BCUT2D eigenvalue weighted by atomic mass is 35.5. The molecular formula is C25H20ClN3O2. The largest absolute Gasteiger partial charge is 0.305 e. The molecule has 1 heterocycles. The number of carbonyl (C=O) groups excluding carboxylic acids is 2. The van der Waals surface area contributed by atoms with Crippen molar-refractivity contribution in [1.82, 2.24) is 9.78 Å². The number of nitrogens with zero attached hydrogens (tertiary/aromatic N) is 2. The van der Waals surface area contributed by atoms with E-state index in [1.54, 1.807) is 65.5 Å². The smallest absolute Gasteiger partial charge is 0.257 e. The van der Waals surface area contributed by atoms with Gasteiger partial charge in [-0.25, -0.2) is 0 Å². The van der Waals surface area contributed by atoms with E-state index in [4.69, 9.17) is 11.6 Å². The highest BCUT2D eigenvalue weighted by molar-refractivity contribution is 6.30. The van der Waals surface area contributed by atoms with Gasteiger partial charge < -0.3 is 5.32 Å². The summed E-state index contributed by atoms with van der Waals surface area (Å²) in [6.07, 6.45) is 1.81. The van der Waals surface area contributed by atoms with Gasteiger partial charge in [0.25, 0.3) is 5.91 Å². The molecule has 0 saturated heterocycles. The van der Waals surface area contributed by atoms with Gasteiger partial charge in [-0.05, 0) is 42.8 Å². The molecule has 0 atom stereocenters. The first-order chi connectivity index (χ1) is 15.0. The Morgan fingerprint density at radius 3 is 2.29 bits per heavy atom. The van der Waals surface area contributed by atoms with Crippen molar-refractivity contribution in [3.05, 3.63) is 118 Å². The summed E-state index contributed by atoms with van der Waals surface area (Å²) in [7, 11) is 0. The molecule has 1 amide bonds. The monoisotopic (exact) mass is 429 g/mol. The summed E-state index contributed by atoms with van der Waals surface area (Å²) in [5, 5.41) is 7.75. The second kappa shape index (κ2) is 8.98. The van der Waals surface area contributed by atoms with E-state index in [2.05, 4.69) is 22.5 Å². The van der Waals surface area contributed by atoms with Crippen LogP contribution in [0.4, 0.5) is 5.82 Å². The van der Waals surface area contributed by atoms with Crippen LogP contribution in [0.2, 0.25) is 5.02 Å². The van der Waals surface area contributed by atoms with E-state index in [0.29, 0.717) is 28.5 Å². The molecule has 0 aliphatic carbocycles. The molecule has 1 aromatic heterocycles. The van der Waals surface area contributed by atoms with E-state index in [9.17, 15) is 9.59 Å². The molecule has 3 aromatic carbocycles. The number of nitrogens with one attached hydrogen (secondary N) is 1. The fourth-order valence-corrected chi connectivity index (χ4v) is 3.34. The lowest BCUT2D eigenvalue weighted by molar-refractivity contribution is 0.0996. The van der Waals surface area contributed by atoms with Crippen molar-refractivity contribution < 1.29 is 9.59 Å². The number of hydrogen-bond donors (Lipinski definition) is 1. The van der Waals surface area contributed by atoms with Crippen LogP contribution in [0.25, 0.3) is 0 Å². The van der Waals surface area contributed by atoms with Crippen LogP contribution in [0.5, 0.6) is 0 Å². The first-order valence-corrected chi connectivity index (χ1v) is 10.2. The van der Waals surface area contributed by atoms with Crippen LogP contribution >= 0.6 is 11.6 Å². The Morgan fingerprint density at radius 2 is 1.58 bits per heavy atom. The molecule has 0 spiro atoms. The van der Waals surface area contributed by atoms with Crippen molar-refractivity contribution >= 4 is 29.1 Å². The highest BCUT2D eigenvalue weighted by Gasteiger charge is 2.18. The molecule has 0 bridgehead atoms. The zero-order chi connectivity index (χ0) is 21.8. The van der Waals surface area contributed by atoms with Gasteiger partial charge in [0, 0.05) is 28.4 Å². The second-order valence-corrected chi connectivity index (χ2v) is 7.66. The van der Waals surface area contributed by atoms with Crippen LogP contribution in [-0.4, -0.2) is 21.5 Å². The number of halogens is 1. The van der Waals surface area contributed by atoms with Gasteiger partial charge >= 0.3 is 0 Å². The third kappa shape index (κ3) is 4.90. The minimum absolute atomic E-state index is 0.243. The normalized spacial score (nSPS) is 10.6. The number of rotatable bonds is 6. The summed E-state index contributed by atoms with van der Waals surface area (Å²) >= 11 is 5.91. The first-order valence-electron chi connectivity index (χ1n) is 9.79. The molecule has 0 fully saturated rings. The molecule has 6 heteroatoms. The van der Waals surface area contributed by atoms with Gasteiger partial charge in [-0.3, -0.25) is 14.3 Å². The SMILES string of the molecule is Cc1ccc(Cn2ccc(NC(=O)c3ccccc3C(=O)c3ccc(Cl)cc3)n2)cc1. The van der Waals surface area contributed by atoms with Crippen LogP contribution < -0.4 is 5.32 Å². The number of aryl methyl sites for hydroxylation is 1. The number of aromatic nitrogens is 2. The Balaban J connectivity index is 1.50. The van der Waals surface area contributed by atoms with E-state index in [1.165, 1.54) is 5.56 Å². The molecule has 4 aromatic rings. The van der Waals surface area contributed by atoms with E-state index >= 15 is 0 Å². The third-order valence-electron chi connectivity index (χ3n) is 4.87.